The molecule has 0 atom stereocenters. The Kier molecular flexibility index (Phi) is 4.66. The second kappa shape index (κ2) is 6.46. The zero-order chi connectivity index (χ0) is 15.4. The first-order chi connectivity index (χ1) is 10.0. The summed E-state index contributed by atoms with van der Waals surface area (Å²) >= 11 is 3.21. The van der Waals surface area contributed by atoms with Gasteiger partial charge in [-0.05, 0) is 40.2 Å². The number of ether oxygens (including phenoxy) is 2. The van der Waals surface area contributed by atoms with E-state index in [1.54, 1.807) is 18.2 Å². The van der Waals surface area contributed by atoms with Crippen LogP contribution in [-0.2, 0) is 6.61 Å². The molecule has 0 heterocycles. The Morgan fingerprint density at radius 3 is 2.71 bits per heavy atom. The van der Waals surface area contributed by atoms with Crippen molar-refractivity contribution in [3.05, 3.63) is 51.7 Å². The normalized spacial score (nSPS) is 10.0. The van der Waals surface area contributed by atoms with Crippen molar-refractivity contribution in [2.45, 2.75) is 6.61 Å². The Morgan fingerprint density at radius 2 is 2.10 bits per heavy atom. The maximum absolute atomic E-state index is 13.2. The maximum atomic E-state index is 13.2. The molecule has 0 aromatic heterocycles. The fourth-order valence-electron chi connectivity index (χ4n) is 1.84. The molecule has 0 saturated heterocycles. The number of nitrogens with zero attached hydrogens (tertiary/aromatic N) is 1. The van der Waals surface area contributed by atoms with Crippen molar-refractivity contribution in [2.75, 3.05) is 12.8 Å². The Balaban J connectivity index is 2.26. The van der Waals surface area contributed by atoms with Crippen LogP contribution in [0.3, 0.4) is 0 Å². The topological polar surface area (TPSA) is 68.3 Å². The summed E-state index contributed by atoms with van der Waals surface area (Å²) in [6, 6.07) is 9.53. The van der Waals surface area contributed by atoms with Crippen molar-refractivity contribution in [1.82, 2.24) is 0 Å². The molecule has 4 nitrogen and oxygen atoms in total. The monoisotopic (exact) mass is 350 g/mol. The first-order valence-electron chi connectivity index (χ1n) is 5.99. The number of methoxy groups -OCH3 is 1. The molecule has 0 amide bonds. The highest BCUT2D eigenvalue weighted by molar-refractivity contribution is 9.10. The summed E-state index contributed by atoms with van der Waals surface area (Å²) < 4.78 is 24.4. The number of rotatable bonds is 4. The molecule has 0 unspecified atom stereocenters. The Labute approximate surface area is 130 Å². The van der Waals surface area contributed by atoms with Gasteiger partial charge in [0.25, 0.3) is 0 Å². The first kappa shape index (κ1) is 15.1. The minimum Gasteiger partial charge on any atom is -0.496 e. The van der Waals surface area contributed by atoms with Gasteiger partial charge < -0.3 is 15.2 Å². The number of hydrogen-bond acceptors (Lipinski definition) is 4. The predicted octanol–water partition coefficient (Wildman–Crippen LogP) is 3.63. The second-order valence-corrected chi connectivity index (χ2v) is 5.09. The smallest absolute Gasteiger partial charge is 0.157 e. The third-order valence-corrected chi connectivity index (χ3v) is 3.41. The Morgan fingerprint density at radius 1 is 1.33 bits per heavy atom. The van der Waals surface area contributed by atoms with E-state index in [1.165, 1.54) is 19.2 Å². The molecule has 2 aromatic carbocycles. The summed E-state index contributed by atoms with van der Waals surface area (Å²) in [4.78, 5) is 0. The lowest BCUT2D eigenvalue weighted by atomic mass is 10.1. The average Bonchev–Trinajstić information content (AvgIpc) is 2.45. The van der Waals surface area contributed by atoms with Crippen molar-refractivity contribution < 1.29 is 13.9 Å². The third-order valence-electron chi connectivity index (χ3n) is 2.82. The molecule has 0 spiro atoms. The lowest BCUT2D eigenvalue weighted by Crippen LogP contribution is -2.02. The number of nitriles is 1. The van der Waals surface area contributed by atoms with E-state index in [9.17, 15) is 4.39 Å². The van der Waals surface area contributed by atoms with Gasteiger partial charge in [-0.25, -0.2) is 4.39 Å². The van der Waals surface area contributed by atoms with E-state index in [4.69, 9.17) is 20.5 Å². The van der Waals surface area contributed by atoms with Gasteiger partial charge in [0.15, 0.2) is 5.75 Å². The van der Waals surface area contributed by atoms with Crippen molar-refractivity contribution in [3.8, 4) is 17.6 Å². The van der Waals surface area contributed by atoms with E-state index in [0.717, 1.165) is 0 Å². The average molecular weight is 351 g/mol. The summed E-state index contributed by atoms with van der Waals surface area (Å²) in [5.41, 5.74) is 7.13. The van der Waals surface area contributed by atoms with E-state index in [-0.39, 0.29) is 12.3 Å². The van der Waals surface area contributed by atoms with Gasteiger partial charge in [0.1, 0.15) is 18.2 Å². The largest absolute Gasteiger partial charge is 0.496 e. The van der Waals surface area contributed by atoms with Crippen LogP contribution >= 0.6 is 15.9 Å². The minimum absolute atomic E-state index is 0.146. The Hall–Kier alpha value is -2.26. The maximum Gasteiger partial charge on any atom is 0.157 e. The fraction of sp³-hybridized carbons (Fsp3) is 0.133. The molecule has 21 heavy (non-hydrogen) atoms. The molecule has 108 valence electrons. The summed E-state index contributed by atoms with van der Waals surface area (Å²) in [6.07, 6.45) is 0. The van der Waals surface area contributed by atoms with E-state index in [2.05, 4.69) is 22.0 Å². The van der Waals surface area contributed by atoms with Gasteiger partial charge in [0.05, 0.1) is 28.9 Å². The van der Waals surface area contributed by atoms with E-state index < -0.39 is 5.82 Å². The number of anilines is 1. The molecular formula is C15H12BrFN2O2. The van der Waals surface area contributed by atoms with Gasteiger partial charge in [-0.1, -0.05) is 0 Å². The number of benzene rings is 2. The van der Waals surface area contributed by atoms with Crippen molar-refractivity contribution >= 4 is 21.6 Å². The molecule has 0 fully saturated rings. The van der Waals surface area contributed by atoms with Crippen LogP contribution in [0.4, 0.5) is 10.1 Å². The molecule has 2 rings (SSSR count). The lowest BCUT2D eigenvalue weighted by Gasteiger charge is -2.13. The molecule has 2 N–H and O–H groups in total. The van der Waals surface area contributed by atoms with Crippen LogP contribution in [0.2, 0.25) is 0 Å². The summed E-state index contributed by atoms with van der Waals surface area (Å²) in [5.74, 6) is 0.502. The summed E-state index contributed by atoms with van der Waals surface area (Å²) in [5, 5.41) is 8.93. The molecule has 0 bridgehead atoms. The quantitative estimate of drug-likeness (QED) is 0.854. The highest BCUT2D eigenvalue weighted by Crippen LogP contribution is 2.33. The van der Waals surface area contributed by atoms with Crippen molar-refractivity contribution in [2.24, 2.45) is 0 Å². The highest BCUT2D eigenvalue weighted by atomic mass is 79.9. The van der Waals surface area contributed by atoms with Gasteiger partial charge >= 0.3 is 0 Å². The van der Waals surface area contributed by atoms with Gasteiger partial charge in [0, 0.05) is 11.6 Å². The Bertz CT molecular complexity index is 690. The van der Waals surface area contributed by atoms with E-state index in [0.29, 0.717) is 27.1 Å². The molecule has 0 aliphatic rings. The van der Waals surface area contributed by atoms with E-state index in [1.807, 2.05) is 0 Å². The molecule has 2 aromatic rings. The number of nitrogens with two attached hydrogens (primary N) is 1. The zero-order valence-electron chi connectivity index (χ0n) is 11.2. The van der Waals surface area contributed by atoms with Crippen LogP contribution < -0.4 is 15.2 Å². The van der Waals surface area contributed by atoms with Crippen molar-refractivity contribution in [1.29, 1.82) is 5.26 Å². The van der Waals surface area contributed by atoms with Crippen LogP contribution in [0.25, 0.3) is 0 Å². The third kappa shape index (κ3) is 3.44. The van der Waals surface area contributed by atoms with Gasteiger partial charge in [-0.3, -0.25) is 0 Å². The zero-order valence-corrected chi connectivity index (χ0v) is 12.8. The molecule has 0 aliphatic heterocycles. The lowest BCUT2D eigenvalue weighted by molar-refractivity contribution is 0.296. The highest BCUT2D eigenvalue weighted by Gasteiger charge is 2.11. The summed E-state index contributed by atoms with van der Waals surface area (Å²) in [6.45, 7) is 0.146. The number of nitrogen functional groups attached to an aromatic ring is 1. The SMILES string of the molecule is COc1ccc(C#N)cc1COc1c(N)cc(F)cc1Br. The number of halogens is 2. The van der Waals surface area contributed by atoms with E-state index >= 15 is 0 Å². The predicted molar refractivity (Wildman–Crippen MR) is 80.6 cm³/mol. The van der Waals surface area contributed by atoms with Gasteiger partial charge in [0.2, 0.25) is 0 Å². The van der Waals surface area contributed by atoms with Crippen molar-refractivity contribution in [3.63, 3.8) is 0 Å². The molecular weight excluding hydrogens is 339 g/mol. The molecule has 6 heteroatoms. The van der Waals surface area contributed by atoms with Crippen LogP contribution in [0.1, 0.15) is 11.1 Å². The standard InChI is InChI=1S/C15H12BrFN2O2/c1-20-14-3-2-9(7-18)4-10(14)8-21-15-12(16)5-11(17)6-13(15)19/h2-6H,8,19H2,1H3. The second-order valence-electron chi connectivity index (χ2n) is 4.23. The molecule has 0 radical (unpaired) electrons. The number of hydrogen-bond donors (Lipinski definition) is 1. The van der Waals surface area contributed by atoms with Crippen LogP contribution in [0.5, 0.6) is 11.5 Å². The van der Waals surface area contributed by atoms with Crippen LogP contribution in [0.15, 0.2) is 34.8 Å². The molecule has 0 saturated carbocycles. The fourth-order valence-corrected chi connectivity index (χ4v) is 2.41. The van der Waals surface area contributed by atoms with Crippen LogP contribution in [0, 0.1) is 17.1 Å². The van der Waals surface area contributed by atoms with Gasteiger partial charge in [-0.15, -0.1) is 0 Å². The van der Waals surface area contributed by atoms with Gasteiger partial charge in [-0.2, -0.15) is 5.26 Å². The first-order valence-corrected chi connectivity index (χ1v) is 6.78. The molecule has 0 aliphatic carbocycles. The minimum atomic E-state index is -0.448. The van der Waals surface area contributed by atoms with Crippen LogP contribution in [-0.4, -0.2) is 7.11 Å². The summed E-state index contributed by atoms with van der Waals surface area (Å²) in [7, 11) is 1.53.